The van der Waals surface area contributed by atoms with Crippen LogP contribution in [0.3, 0.4) is 0 Å². The van der Waals surface area contributed by atoms with Gasteiger partial charge in [-0.25, -0.2) is 0 Å². The lowest BCUT2D eigenvalue weighted by molar-refractivity contribution is -0.113. The molecule has 0 saturated carbocycles. The van der Waals surface area contributed by atoms with E-state index in [-0.39, 0.29) is 0 Å². The van der Waals surface area contributed by atoms with Gasteiger partial charge < -0.3 is 11.5 Å². The highest BCUT2D eigenvalue weighted by Gasteiger charge is 2.02. The van der Waals surface area contributed by atoms with Gasteiger partial charge in [0.15, 0.2) is 0 Å². The van der Waals surface area contributed by atoms with Crippen molar-refractivity contribution >= 4 is 45.0 Å². The molecule has 0 unspecified atom stereocenters. The summed E-state index contributed by atoms with van der Waals surface area (Å²) in [6, 6.07) is 7.71. The van der Waals surface area contributed by atoms with E-state index in [1.165, 1.54) is 24.5 Å². The Morgan fingerprint density at radius 2 is 2.12 bits per heavy atom. The molecular formula is C12H13ClN2OS. The molecule has 4 N–H and O–H groups in total. The third kappa shape index (κ3) is 3.56. The summed E-state index contributed by atoms with van der Waals surface area (Å²) in [7, 11) is 1.50. The van der Waals surface area contributed by atoms with Gasteiger partial charge in [0.1, 0.15) is 0 Å². The predicted molar refractivity (Wildman–Crippen MR) is 75.2 cm³/mol. The summed E-state index contributed by atoms with van der Waals surface area (Å²) in [6.45, 7) is 0. The topological polar surface area (TPSA) is 69.1 Å². The quantitative estimate of drug-likeness (QED) is 0.822. The lowest BCUT2D eigenvalue weighted by Gasteiger charge is -1.89. The molecule has 1 amide bonds. The fraction of sp³-hybridized carbons (Fsp3) is 0.0833. The van der Waals surface area contributed by atoms with Gasteiger partial charge in [-0.15, -0.1) is 11.3 Å². The molecule has 2 rings (SSSR count). The third-order valence-electron chi connectivity index (χ3n) is 1.93. The number of rotatable bonds is 2. The number of fused-ring (bicyclic) bond motifs is 1. The smallest absolute Gasteiger partial charge is 0.241 e. The number of hydrogen-bond acceptors (Lipinski definition) is 3. The summed E-state index contributed by atoms with van der Waals surface area (Å²) in [6.07, 6.45) is 3.04. The minimum atomic E-state index is -0.446. The Morgan fingerprint density at radius 1 is 1.41 bits per heavy atom. The first-order valence-electron chi connectivity index (χ1n) is 4.90. The maximum atomic E-state index is 10.6. The van der Waals surface area contributed by atoms with Crippen LogP contribution in [0.4, 0.5) is 0 Å². The van der Waals surface area contributed by atoms with Crippen LogP contribution >= 0.6 is 22.9 Å². The lowest BCUT2D eigenvalue weighted by Crippen LogP contribution is -2.04. The van der Waals surface area contributed by atoms with Crippen LogP contribution in [-0.4, -0.2) is 13.0 Å². The monoisotopic (exact) mass is 268 g/mol. The van der Waals surface area contributed by atoms with E-state index in [0.717, 1.165) is 20.0 Å². The van der Waals surface area contributed by atoms with E-state index in [4.69, 9.17) is 17.3 Å². The lowest BCUT2D eigenvalue weighted by atomic mass is 10.2. The molecule has 0 aliphatic rings. The summed E-state index contributed by atoms with van der Waals surface area (Å²) < 4.78 is 1.03. The van der Waals surface area contributed by atoms with Crippen LogP contribution in [0.25, 0.3) is 16.2 Å². The fourth-order valence-corrected chi connectivity index (χ4v) is 2.56. The van der Waals surface area contributed by atoms with Crippen LogP contribution in [0.15, 0.2) is 30.3 Å². The number of carbonyl (C=O) groups excluding carboxylic acids is 1. The molecule has 17 heavy (non-hydrogen) atoms. The van der Waals surface area contributed by atoms with Gasteiger partial charge in [0.05, 0.1) is 9.72 Å². The molecule has 2 aromatic rings. The summed E-state index contributed by atoms with van der Waals surface area (Å²) >= 11 is 7.57. The highest BCUT2D eigenvalue weighted by Crippen LogP contribution is 2.32. The van der Waals surface area contributed by atoms with Crippen molar-refractivity contribution in [2.45, 2.75) is 0 Å². The maximum Gasteiger partial charge on any atom is 0.241 e. The number of nitrogens with two attached hydrogens (primary N) is 2. The Hall–Kier alpha value is -1.36. The molecule has 1 aromatic carbocycles. The van der Waals surface area contributed by atoms with Gasteiger partial charge in [-0.3, -0.25) is 4.79 Å². The number of benzene rings is 1. The molecule has 90 valence electrons. The van der Waals surface area contributed by atoms with Gasteiger partial charge in [0.2, 0.25) is 5.91 Å². The van der Waals surface area contributed by atoms with Crippen molar-refractivity contribution in [3.05, 3.63) is 40.2 Å². The molecule has 5 heteroatoms. The first-order chi connectivity index (χ1) is 8.16. The molecule has 0 radical (unpaired) electrons. The first-order valence-corrected chi connectivity index (χ1v) is 6.09. The Labute approximate surface area is 109 Å². The third-order valence-corrected chi connectivity index (χ3v) is 3.50. The van der Waals surface area contributed by atoms with E-state index in [1.54, 1.807) is 6.08 Å². The van der Waals surface area contributed by atoms with Crippen molar-refractivity contribution in [2.75, 3.05) is 7.05 Å². The SMILES string of the molecule is CN.NC(=O)/C=C/c1cc2cccc(Cl)c2s1. The van der Waals surface area contributed by atoms with Crippen LogP contribution in [0, 0.1) is 0 Å². The number of primary amides is 1. The highest BCUT2D eigenvalue weighted by molar-refractivity contribution is 7.20. The van der Waals surface area contributed by atoms with Crippen LogP contribution in [0.2, 0.25) is 5.02 Å². The largest absolute Gasteiger partial charge is 0.366 e. The van der Waals surface area contributed by atoms with Crippen molar-refractivity contribution in [1.82, 2.24) is 0 Å². The second kappa shape index (κ2) is 6.39. The van der Waals surface area contributed by atoms with Crippen molar-refractivity contribution in [3.63, 3.8) is 0 Å². The number of thiophene rings is 1. The van der Waals surface area contributed by atoms with Gasteiger partial charge in [-0.05, 0) is 30.6 Å². The van der Waals surface area contributed by atoms with Crippen molar-refractivity contribution in [2.24, 2.45) is 11.5 Å². The van der Waals surface area contributed by atoms with Gasteiger partial charge in [-0.1, -0.05) is 23.7 Å². The van der Waals surface area contributed by atoms with Gasteiger partial charge >= 0.3 is 0 Å². The second-order valence-electron chi connectivity index (χ2n) is 3.04. The Bertz CT molecular complexity index is 548. The Balaban J connectivity index is 0.000000686. The van der Waals surface area contributed by atoms with E-state index in [0.29, 0.717) is 0 Å². The number of amides is 1. The van der Waals surface area contributed by atoms with E-state index < -0.39 is 5.91 Å². The molecule has 0 bridgehead atoms. The molecule has 0 aliphatic heterocycles. The molecule has 3 nitrogen and oxygen atoms in total. The molecular weight excluding hydrogens is 256 g/mol. The zero-order chi connectivity index (χ0) is 12.8. The van der Waals surface area contributed by atoms with E-state index in [2.05, 4.69) is 5.73 Å². The minimum absolute atomic E-state index is 0.446. The standard InChI is InChI=1S/C11H8ClNOS.CH5N/c12-9-3-1-2-7-6-8(15-11(7)9)4-5-10(13)14;1-2/h1-6H,(H2,13,14);2H2,1H3/b5-4+;. The molecule has 0 fully saturated rings. The van der Waals surface area contributed by atoms with E-state index in [9.17, 15) is 4.79 Å². The first kappa shape index (κ1) is 13.7. The summed E-state index contributed by atoms with van der Waals surface area (Å²) in [4.78, 5) is 11.5. The molecule has 0 aliphatic carbocycles. The van der Waals surface area contributed by atoms with Crippen molar-refractivity contribution in [3.8, 4) is 0 Å². The molecule has 0 spiro atoms. The van der Waals surface area contributed by atoms with Gasteiger partial charge in [0, 0.05) is 11.0 Å². The number of hydrogen-bond donors (Lipinski definition) is 2. The van der Waals surface area contributed by atoms with Gasteiger partial charge in [-0.2, -0.15) is 0 Å². The highest BCUT2D eigenvalue weighted by atomic mass is 35.5. The predicted octanol–water partition coefficient (Wildman–Crippen LogP) is 2.63. The molecule has 0 saturated heterocycles. The van der Waals surface area contributed by atoms with E-state index >= 15 is 0 Å². The average Bonchev–Trinajstić information content (AvgIpc) is 2.74. The Kier molecular flexibility index (Phi) is 5.15. The fourth-order valence-electron chi connectivity index (χ4n) is 1.29. The molecule has 0 atom stereocenters. The molecule has 1 aromatic heterocycles. The zero-order valence-electron chi connectivity index (χ0n) is 9.31. The average molecular weight is 269 g/mol. The van der Waals surface area contributed by atoms with Crippen LogP contribution in [-0.2, 0) is 4.79 Å². The van der Waals surface area contributed by atoms with Crippen LogP contribution in [0.1, 0.15) is 4.88 Å². The Morgan fingerprint density at radius 3 is 2.71 bits per heavy atom. The zero-order valence-corrected chi connectivity index (χ0v) is 10.9. The summed E-state index contributed by atoms with van der Waals surface area (Å²) in [5.41, 5.74) is 9.52. The minimum Gasteiger partial charge on any atom is -0.366 e. The number of halogens is 1. The second-order valence-corrected chi connectivity index (χ2v) is 4.53. The summed E-state index contributed by atoms with van der Waals surface area (Å²) in [5.74, 6) is -0.446. The summed E-state index contributed by atoms with van der Waals surface area (Å²) in [5, 5.41) is 1.81. The van der Waals surface area contributed by atoms with Crippen LogP contribution in [0.5, 0.6) is 0 Å². The molecule has 1 heterocycles. The van der Waals surface area contributed by atoms with Crippen molar-refractivity contribution < 1.29 is 4.79 Å². The number of carbonyl (C=O) groups is 1. The van der Waals surface area contributed by atoms with Crippen LogP contribution < -0.4 is 11.5 Å². The van der Waals surface area contributed by atoms with Gasteiger partial charge in [0.25, 0.3) is 0 Å². The normalized spacial score (nSPS) is 10.3. The van der Waals surface area contributed by atoms with Crippen molar-refractivity contribution in [1.29, 1.82) is 0 Å². The maximum absolute atomic E-state index is 10.6. The van der Waals surface area contributed by atoms with E-state index in [1.807, 2.05) is 24.3 Å².